The fraction of sp³-hybridized carbons (Fsp3) is 0.182. The minimum atomic E-state index is -0.900. The quantitative estimate of drug-likeness (QED) is 0.855. The van der Waals surface area contributed by atoms with Crippen LogP contribution in [-0.2, 0) is 5.75 Å². The Hall–Kier alpha value is -1.05. The van der Waals surface area contributed by atoms with Crippen LogP contribution in [0.2, 0.25) is 0 Å². The van der Waals surface area contributed by atoms with E-state index >= 15 is 0 Å². The lowest BCUT2D eigenvalue weighted by molar-refractivity contribution is 0.0697. The van der Waals surface area contributed by atoms with Gasteiger partial charge in [-0.2, -0.15) is 0 Å². The summed E-state index contributed by atoms with van der Waals surface area (Å²) in [5.41, 5.74) is 1.38. The summed E-state index contributed by atoms with van der Waals surface area (Å²) in [5, 5.41) is 16.9. The zero-order valence-corrected chi connectivity index (χ0v) is 11.9. The van der Waals surface area contributed by atoms with E-state index in [1.165, 1.54) is 0 Å². The van der Waals surface area contributed by atoms with E-state index in [1.807, 2.05) is 18.4 Å². The van der Waals surface area contributed by atoms with Gasteiger partial charge in [0.15, 0.2) is 8.68 Å². The molecule has 0 aliphatic carbocycles. The fourth-order valence-electron chi connectivity index (χ4n) is 1.23. The van der Waals surface area contributed by atoms with Crippen LogP contribution in [0.3, 0.4) is 0 Å². The third-order valence-corrected chi connectivity index (χ3v) is 5.23. The minimum Gasteiger partial charge on any atom is -0.478 e. The molecule has 1 heterocycles. The highest BCUT2D eigenvalue weighted by Gasteiger charge is 2.05. The molecule has 0 aliphatic heterocycles. The zero-order chi connectivity index (χ0) is 13.0. The molecule has 2 aromatic rings. The summed E-state index contributed by atoms with van der Waals surface area (Å²) in [6, 6.07) is 6.89. The predicted molar refractivity (Wildman–Crippen MR) is 74.7 cm³/mol. The molecule has 0 amide bonds. The molecule has 18 heavy (non-hydrogen) atoms. The lowest BCUT2D eigenvalue weighted by atomic mass is 10.1. The number of carbonyl (C=O) groups is 1. The Labute approximate surface area is 117 Å². The molecular weight excluding hydrogens is 288 g/mol. The zero-order valence-electron chi connectivity index (χ0n) is 9.49. The van der Waals surface area contributed by atoms with Crippen LogP contribution in [0.5, 0.6) is 0 Å². The van der Waals surface area contributed by atoms with Crippen molar-refractivity contribution < 1.29 is 9.90 Å². The van der Waals surface area contributed by atoms with Crippen LogP contribution in [0.1, 0.15) is 15.9 Å². The molecule has 2 rings (SSSR count). The van der Waals surface area contributed by atoms with Crippen molar-refractivity contribution in [3.63, 3.8) is 0 Å². The Balaban J connectivity index is 1.95. The number of carboxylic acid groups (broad SMARTS) is 1. The Morgan fingerprint density at radius 1 is 1.28 bits per heavy atom. The van der Waals surface area contributed by atoms with E-state index in [0.29, 0.717) is 5.56 Å². The van der Waals surface area contributed by atoms with Gasteiger partial charge in [0.25, 0.3) is 0 Å². The average molecular weight is 298 g/mol. The molecule has 0 unspecified atom stereocenters. The maximum atomic E-state index is 10.7. The molecule has 0 atom stereocenters. The van der Waals surface area contributed by atoms with Gasteiger partial charge in [-0.15, -0.1) is 10.2 Å². The molecule has 0 aliphatic rings. The van der Waals surface area contributed by atoms with Gasteiger partial charge in [0, 0.05) is 5.75 Å². The average Bonchev–Trinajstić information content (AvgIpc) is 2.85. The van der Waals surface area contributed by atoms with Crippen molar-refractivity contribution in [2.75, 3.05) is 6.26 Å². The van der Waals surface area contributed by atoms with Gasteiger partial charge in [-0.3, -0.25) is 0 Å². The molecule has 94 valence electrons. The number of hydrogen-bond donors (Lipinski definition) is 1. The molecule has 0 saturated carbocycles. The van der Waals surface area contributed by atoms with Crippen molar-refractivity contribution in [1.82, 2.24) is 10.2 Å². The SMILES string of the molecule is CSc1nnc(SCc2ccc(C(=O)O)cc2)s1. The maximum absolute atomic E-state index is 10.7. The third kappa shape index (κ3) is 3.47. The molecule has 0 radical (unpaired) electrons. The van der Waals surface area contributed by atoms with Crippen LogP contribution in [0.25, 0.3) is 0 Å². The van der Waals surface area contributed by atoms with E-state index in [0.717, 1.165) is 20.0 Å². The summed E-state index contributed by atoms with van der Waals surface area (Å²) < 4.78 is 1.89. The molecule has 4 nitrogen and oxygen atoms in total. The Morgan fingerprint density at radius 3 is 2.50 bits per heavy atom. The molecule has 1 aromatic carbocycles. The van der Waals surface area contributed by atoms with E-state index in [-0.39, 0.29) is 0 Å². The molecule has 1 aromatic heterocycles. The van der Waals surface area contributed by atoms with E-state index in [9.17, 15) is 4.79 Å². The molecular formula is C11H10N2O2S3. The molecule has 7 heteroatoms. The topological polar surface area (TPSA) is 63.1 Å². The second-order valence-electron chi connectivity index (χ2n) is 3.33. The first-order chi connectivity index (χ1) is 8.69. The van der Waals surface area contributed by atoms with Crippen LogP contribution >= 0.6 is 34.9 Å². The Morgan fingerprint density at radius 2 is 1.94 bits per heavy atom. The van der Waals surface area contributed by atoms with Gasteiger partial charge < -0.3 is 5.11 Å². The number of nitrogens with zero attached hydrogens (tertiary/aromatic N) is 2. The van der Waals surface area contributed by atoms with Crippen LogP contribution in [-0.4, -0.2) is 27.5 Å². The largest absolute Gasteiger partial charge is 0.478 e. The predicted octanol–water partition coefficient (Wildman–Crippen LogP) is 3.25. The van der Waals surface area contributed by atoms with Gasteiger partial charge >= 0.3 is 5.97 Å². The van der Waals surface area contributed by atoms with Crippen molar-refractivity contribution >= 4 is 40.8 Å². The monoisotopic (exact) mass is 298 g/mol. The Kier molecular flexibility index (Phi) is 4.62. The Bertz CT molecular complexity index is 539. The number of hydrogen-bond acceptors (Lipinski definition) is 6. The van der Waals surface area contributed by atoms with Gasteiger partial charge in [-0.25, -0.2) is 4.79 Å². The number of aromatic carboxylic acids is 1. The van der Waals surface area contributed by atoms with Gasteiger partial charge in [-0.05, 0) is 24.0 Å². The normalized spacial score (nSPS) is 10.5. The molecule has 1 N–H and O–H groups in total. The van der Waals surface area contributed by atoms with E-state index in [4.69, 9.17) is 5.11 Å². The van der Waals surface area contributed by atoms with Crippen molar-refractivity contribution in [3.8, 4) is 0 Å². The smallest absolute Gasteiger partial charge is 0.335 e. The fourth-order valence-corrected chi connectivity index (χ4v) is 3.62. The van der Waals surface area contributed by atoms with E-state index < -0.39 is 5.97 Å². The summed E-state index contributed by atoms with van der Waals surface area (Å²) in [6.45, 7) is 0. The molecule has 0 saturated heterocycles. The third-order valence-electron chi connectivity index (χ3n) is 2.13. The number of benzene rings is 1. The lowest BCUT2D eigenvalue weighted by Crippen LogP contribution is -1.95. The first-order valence-corrected chi connectivity index (χ1v) is 8.04. The van der Waals surface area contributed by atoms with E-state index in [1.54, 1.807) is 47.0 Å². The summed E-state index contributed by atoms with van der Waals surface area (Å²) in [7, 11) is 0. The van der Waals surface area contributed by atoms with Crippen LogP contribution in [0, 0.1) is 0 Å². The van der Waals surface area contributed by atoms with E-state index in [2.05, 4.69) is 10.2 Å². The highest BCUT2D eigenvalue weighted by molar-refractivity contribution is 8.02. The summed E-state index contributed by atoms with van der Waals surface area (Å²) in [4.78, 5) is 10.7. The van der Waals surface area contributed by atoms with Gasteiger partial charge in [-0.1, -0.05) is 47.0 Å². The van der Waals surface area contributed by atoms with Crippen LogP contribution in [0.15, 0.2) is 32.9 Å². The number of rotatable bonds is 5. The van der Waals surface area contributed by atoms with Gasteiger partial charge in [0.2, 0.25) is 0 Å². The lowest BCUT2D eigenvalue weighted by Gasteiger charge is -1.99. The first kappa shape index (κ1) is 13.4. The summed E-state index contributed by atoms with van der Waals surface area (Å²) in [5.74, 6) is -0.133. The highest BCUT2D eigenvalue weighted by atomic mass is 32.2. The van der Waals surface area contributed by atoms with Crippen molar-refractivity contribution in [2.24, 2.45) is 0 Å². The highest BCUT2D eigenvalue weighted by Crippen LogP contribution is 2.29. The minimum absolute atomic E-state index is 0.310. The van der Waals surface area contributed by atoms with Crippen LogP contribution < -0.4 is 0 Å². The first-order valence-electron chi connectivity index (χ1n) is 5.01. The van der Waals surface area contributed by atoms with Gasteiger partial charge in [0.1, 0.15) is 0 Å². The molecule has 0 spiro atoms. The number of aromatic nitrogens is 2. The second-order valence-corrected chi connectivity index (χ2v) is 6.58. The van der Waals surface area contributed by atoms with Crippen molar-refractivity contribution in [1.29, 1.82) is 0 Å². The number of carboxylic acids is 1. The molecule has 0 fully saturated rings. The van der Waals surface area contributed by atoms with Crippen molar-refractivity contribution in [3.05, 3.63) is 35.4 Å². The summed E-state index contributed by atoms with van der Waals surface area (Å²) in [6.07, 6.45) is 1.97. The van der Waals surface area contributed by atoms with Crippen LogP contribution in [0.4, 0.5) is 0 Å². The summed E-state index contributed by atoms with van der Waals surface area (Å²) >= 11 is 4.76. The van der Waals surface area contributed by atoms with Crippen molar-refractivity contribution in [2.45, 2.75) is 14.4 Å². The maximum Gasteiger partial charge on any atom is 0.335 e. The number of thioether (sulfide) groups is 2. The molecule has 0 bridgehead atoms. The van der Waals surface area contributed by atoms with Gasteiger partial charge in [0.05, 0.1) is 5.56 Å². The standard InChI is InChI=1S/C11H10N2O2S3/c1-16-10-12-13-11(18-10)17-6-7-2-4-8(5-3-7)9(14)15/h2-5H,6H2,1H3,(H,14,15). The second kappa shape index (κ2) is 6.21.